The molecule has 0 unspecified atom stereocenters. The molecule has 3 aromatic rings. The van der Waals surface area contributed by atoms with Crippen LogP contribution in [0.25, 0.3) is 11.4 Å². The van der Waals surface area contributed by atoms with E-state index in [4.69, 9.17) is 0 Å². The minimum absolute atomic E-state index is 0.541. The predicted octanol–water partition coefficient (Wildman–Crippen LogP) is 3.06. The van der Waals surface area contributed by atoms with E-state index in [1.54, 1.807) is 0 Å². The van der Waals surface area contributed by atoms with Gasteiger partial charge in [0.25, 0.3) is 0 Å². The summed E-state index contributed by atoms with van der Waals surface area (Å²) in [5.41, 5.74) is 3.81. The third kappa shape index (κ3) is 2.79. The summed E-state index contributed by atoms with van der Waals surface area (Å²) in [5.74, 6) is 2.14. The lowest BCUT2D eigenvalue weighted by atomic mass is 10.1. The van der Waals surface area contributed by atoms with Gasteiger partial charge in [-0.15, -0.1) is 10.2 Å². The number of rotatable bonds is 4. The Morgan fingerprint density at radius 3 is 2.67 bits per heavy atom. The van der Waals surface area contributed by atoms with Crippen LogP contribution in [0.4, 0.5) is 0 Å². The fraction of sp³-hybridized carbons (Fsp3) is 0.476. The smallest absolute Gasteiger partial charge is 0.164 e. The van der Waals surface area contributed by atoms with E-state index in [0.717, 1.165) is 43.3 Å². The topological polar surface area (TPSA) is 51.8 Å². The van der Waals surface area contributed by atoms with Crippen molar-refractivity contribution >= 4 is 0 Å². The Morgan fingerprint density at radius 2 is 1.89 bits per heavy atom. The van der Waals surface area contributed by atoms with Gasteiger partial charge in [-0.1, -0.05) is 30.3 Å². The van der Waals surface area contributed by atoms with Crippen LogP contribution in [-0.2, 0) is 26.1 Å². The lowest BCUT2D eigenvalue weighted by Crippen LogP contribution is -2.36. The first kappa shape index (κ1) is 16.7. The van der Waals surface area contributed by atoms with Gasteiger partial charge in [0.1, 0.15) is 5.82 Å². The molecular formula is C21H26N6. The molecular weight excluding hydrogens is 336 g/mol. The third-order valence-corrected chi connectivity index (χ3v) is 6.30. The van der Waals surface area contributed by atoms with E-state index in [-0.39, 0.29) is 0 Å². The monoisotopic (exact) mass is 362 g/mol. The van der Waals surface area contributed by atoms with Gasteiger partial charge in [-0.3, -0.25) is 9.58 Å². The maximum absolute atomic E-state index is 4.56. The van der Waals surface area contributed by atoms with Crippen molar-refractivity contribution in [3.63, 3.8) is 0 Å². The summed E-state index contributed by atoms with van der Waals surface area (Å²) in [6.45, 7) is 7.23. The average molecular weight is 362 g/mol. The molecule has 0 spiro atoms. The maximum Gasteiger partial charge on any atom is 0.164 e. The molecule has 1 aromatic carbocycles. The van der Waals surface area contributed by atoms with Crippen molar-refractivity contribution in [3.8, 4) is 11.4 Å². The molecule has 27 heavy (non-hydrogen) atoms. The van der Waals surface area contributed by atoms with E-state index in [2.05, 4.69) is 73.8 Å². The first-order valence-electron chi connectivity index (χ1n) is 9.99. The van der Waals surface area contributed by atoms with Crippen LogP contribution >= 0.6 is 0 Å². The fourth-order valence-corrected chi connectivity index (χ4v) is 4.74. The molecule has 2 aliphatic heterocycles. The highest BCUT2D eigenvalue weighted by molar-refractivity contribution is 5.55. The molecule has 2 aliphatic rings. The lowest BCUT2D eigenvalue weighted by molar-refractivity contribution is 0.180. The van der Waals surface area contributed by atoms with Crippen molar-refractivity contribution in [1.29, 1.82) is 0 Å². The molecule has 140 valence electrons. The predicted molar refractivity (Wildman–Crippen MR) is 104 cm³/mol. The summed E-state index contributed by atoms with van der Waals surface area (Å²) in [7, 11) is 0. The van der Waals surface area contributed by atoms with E-state index in [9.17, 15) is 0 Å². The number of nitrogens with zero attached hydrogens (tertiary/aromatic N) is 6. The first-order chi connectivity index (χ1) is 13.2. The Bertz CT molecular complexity index is 941. The SMILES string of the molecule is CCn1ncc(CN2[C@@H]3CC[C@H]2Cc2nnc(-c4ccccc4)n2C3)c1C. The Balaban J connectivity index is 1.44. The molecule has 1 saturated heterocycles. The minimum atomic E-state index is 0.541. The molecule has 5 rings (SSSR count). The summed E-state index contributed by atoms with van der Waals surface area (Å²) in [5, 5.41) is 13.6. The molecule has 0 radical (unpaired) electrons. The van der Waals surface area contributed by atoms with Crippen molar-refractivity contribution in [2.24, 2.45) is 0 Å². The Hall–Kier alpha value is -2.47. The van der Waals surface area contributed by atoms with Crippen molar-refractivity contribution < 1.29 is 0 Å². The summed E-state index contributed by atoms with van der Waals surface area (Å²) >= 11 is 0. The van der Waals surface area contributed by atoms with Crippen molar-refractivity contribution in [3.05, 3.63) is 53.6 Å². The van der Waals surface area contributed by atoms with Crippen LogP contribution in [0.3, 0.4) is 0 Å². The quantitative estimate of drug-likeness (QED) is 0.716. The van der Waals surface area contributed by atoms with Crippen LogP contribution in [0.1, 0.15) is 36.8 Å². The van der Waals surface area contributed by atoms with Crippen LogP contribution in [0.2, 0.25) is 0 Å². The average Bonchev–Trinajstić information content (AvgIpc) is 3.33. The van der Waals surface area contributed by atoms with E-state index < -0.39 is 0 Å². The first-order valence-corrected chi connectivity index (χ1v) is 9.99. The number of aromatic nitrogens is 5. The molecule has 4 heterocycles. The summed E-state index contributed by atoms with van der Waals surface area (Å²) in [6.07, 6.45) is 5.53. The number of benzene rings is 1. The Labute approximate surface area is 159 Å². The van der Waals surface area contributed by atoms with E-state index >= 15 is 0 Å². The van der Waals surface area contributed by atoms with Gasteiger partial charge in [0.15, 0.2) is 5.82 Å². The highest BCUT2D eigenvalue weighted by atomic mass is 15.3. The van der Waals surface area contributed by atoms with Gasteiger partial charge in [0.05, 0.1) is 6.20 Å². The second-order valence-electron chi connectivity index (χ2n) is 7.75. The van der Waals surface area contributed by atoms with Crippen LogP contribution < -0.4 is 0 Å². The Morgan fingerprint density at radius 1 is 1.07 bits per heavy atom. The fourth-order valence-electron chi connectivity index (χ4n) is 4.74. The van der Waals surface area contributed by atoms with Crippen molar-refractivity contribution in [1.82, 2.24) is 29.4 Å². The van der Waals surface area contributed by atoms with Gasteiger partial charge < -0.3 is 4.57 Å². The van der Waals surface area contributed by atoms with Crippen LogP contribution in [-0.4, -0.2) is 41.5 Å². The number of aryl methyl sites for hydroxylation is 1. The van der Waals surface area contributed by atoms with Crippen LogP contribution in [0.5, 0.6) is 0 Å². The zero-order valence-electron chi connectivity index (χ0n) is 16.0. The second-order valence-corrected chi connectivity index (χ2v) is 7.75. The van der Waals surface area contributed by atoms with E-state index in [1.165, 1.54) is 24.1 Å². The van der Waals surface area contributed by atoms with Gasteiger partial charge in [0, 0.05) is 55.0 Å². The van der Waals surface area contributed by atoms with E-state index in [0.29, 0.717) is 12.1 Å². The largest absolute Gasteiger partial charge is 0.309 e. The Kier molecular flexibility index (Phi) is 4.08. The van der Waals surface area contributed by atoms with Crippen molar-refractivity contribution in [2.75, 3.05) is 0 Å². The minimum Gasteiger partial charge on any atom is -0.309 e. The van der Waals surface area contributed by atoms with Gasteiger partial charge in [-0.2, -0.15) is 5.10 Å². The molecule has 0 N–H and O–H groups in total. The van der Waals surface area contributed by atoms with E-state index in [1.807, 2.05) is 6.07 Å². The van der Waals surface area contributed by atoms with Gasteiger partial charge in [0.2, 0.25) is 0 Å². The molecule has 2 bridgehead atoms. The zero-order chi connectivity index (χ0) is 18.4. The van der Waals surface area contributed by atoms with Gasteiger partial charge >= 0.3 is 0 Å². The molecule has 1 fully saturated rings. The highest BCUT2D eigenvalue weighted by Crippen LogP contribution is 2.34. The van der Waals surface area contributed by atoms with Crippen LogP contribution in [0, 0.1) is 6.92 Å². The molecule has 2 atom stereocenters. The highest BCUT2D eigenvalue weighted by Gasteiger charge is 2.38. The molecule has 6 nitrogen and oxygen atoms in total. The van der Waals surface area contributed by atoms with Crippen molar-refractivity contribution in [2.45, 2.75) is 64.8 Å². The molecule has 0 saturated carbocycles. The number of hydrogen-bond donors (Lipinski definition) is 0. The van der Waals surface area contributed by atoms with Gasteiger partial charge in [-0.25, -0.2) is 0 Å². The summed E-state index contributed by atoms with van der Waals surface area (Å²) in [6, 6.07) is 11.5. The molecule has 2 aromatic heterocycles. The molecule has 0 amide bonds. The summed E-state index contributed by atoms with van der Waals surface area (Å²) in [4.78, 5) is 2.69. The zero-order valence-corrected chi connectivity index (χ0v) is 16.0. The number of fused-ring (bicyclic) bond motifs is 3. The number of hydrogen-bond acceptors (Lipinski definition) is 4. The molecule has 6 heteroatoms. The summed E-state index contributed by atoms with van der Waals surface area (Å²) < 4.78 is 4.45. The molecule has 0 aliphatic carbocycles. The maximum atomic E-state index is 4.56. The third-order valence-electron chi connectivity index (χ3n) is 6.30. The lowest BCUT2D eigenvalue weighted by Gasteiger charge is -2.27. The normalized spacial score (nSPS) is 22.0. The standard InChI is InChI=1S/C21H26N6/c1-3-27-15(2)17(12-22-27)13-25-18-9-10-19(25)14-26-20(11-18)23-24-21(26)16-7-5-4-6-8-16/h4-8,12,18-19H,3,9-11,13-14H2,1-2H3/t18-,19+/m0/s1. The van der Waals surface area contributed by atoms with Crippen LogP contribution in [0.15, 0.2) is 36.5 Å². The second kappa shape index (κ2) is 6.60. The van der Waals surface area contributed by atoms with Gasteiger partial charge in [-0.05, 0) is 26.7 Å².